The normalized spacial score (nSPS) is 20.8. The third-order valence-corrected chi connectivity index (χ3v) is 7.30. The molecule has 2 N–H and O–H groups in total. The van der Waals surface area contributed by atoms with Gasteiger partial charge in [0, 0.05) is 42.4 Å². The molecule has 2 fully saturated rings. The van der Waals surface area contributed by atoms with Gasteiger partial charge in [0.2, 0.25) is 0 Å². The van der Waals surface area contributed by atoms with E-state index in [1.54, 1.807) is 0 Å². The fourth-order valence-corrected chi connectivity index (χ4v) is 5.33. The van der Waals surface area contributed by atoms with Gasteiger partial charge in [-0.2, -0.15) is 0 Å². The highest BCUT2D eigenvalue weighted by Gasteiger charge is 2.38. The summed E-state index contributed by atoms with van der Waals surface area (Å²) in [5.41, 5.74) is 0.164. The van der Waals surface area contributed by atoms with E-state index < -0.39 is 10.8 Å². The van der Waals surface area contributed by atoms with E-state index in [9.17, 15) is 4.21 Å². The minimum absolute atomic E-state index is 0. The molecule has 30 heavy (non-hydrogen) atoms. The molecule has 0 radical (unpaired) electrons. The van der Waals surface area contributed by atoms with Crippen LogP contribution in [0.4, 0.5) is 0 Å². The second kappa shape index (κ2) is 13.6. The van der Waals surface area contributed by atoms with Gasteiger partial charge in [0.05, 0.1) is 30.6 Å². The highest BCUT2D eigenvalue weighted by atomic mass is 127. The van der Waals surface area contributed by atoms with Crippen molar-refractivity contribution in [2.75, 3.05) is 51.7 Å². The summed E-state index contributed by atoms with van der Waals surface area (Å²) < 4.78 is 18.0. The molecule has 1 unspecified atom stereocenters. The summed E-state index contributed by atoms with van der Waals surface area (Å²) in [5.74, 6) is 1.40. The Morgan fingerprint density at radius 3 is 2.50 bits per heavy atom. The van der Waals surface area contributed by atoms with Crippen LogP contribution in [-0.2, 0) is 15.5 Å². The number of guanidine groups is 1. The van der Waals surface area contributed by atoms with Crippen LogP contribution < -0.4 is 10.6 Å². The van der Waals surface area contributed by atoms with Crippen molar-refractivity contribution in [3.8, 4) is 0 Å². The summed E-state index contributed by atoms with van der Waals surface area (Å²) >= 11 is 0. The van der Waals surface area contributed by atoms with Gasteiger partial charge in [-0.1, -0.05) is 37.5 Å². The molecule has 0 aromatic heterocycles. The van der Waals surface area contributed by atoms with Gasteiger partial charge in [-0.05, 0) is 31.9 Å². The highest BCUT2D eigenvalue weighted by molar-refractivity contribution is 14.0. The van der Waals surface area contributed by atoms with E-state index in [0.717, 1.165) is 50.2 Å². The lowest BCUT2D eigenvalue weighted by Crippen LogP contribution is -2.56. The number of nitrogens with one attached hydrogen (secondary N) is 2. The first-order valence-corrected chi connectivity index (χ1v) is 12.3. The van der Waals surface area contributed by atoms with E-state index in [0.29, 0.717) is 12.3 Å². The highest BCUT2D eigenvalue weighted by Crippen LogP contribution is 2.34. The van der Waals surface area contributed by atoms with E-state index in [4.69, 9.17) is 9.73 Å². The van der Waals surface area contributed by atoms with Crippen LogP contribution in [0, 0.1) is 0 Å². The minimum Gasteiger partial charge on any atom is -0.379 e. The molecule has 1 saturated carbocycles. The number of benzene rings is 1. The average molecular weight is 549 g/mol. The van der Waals surface area contributed by atoms with E-state index in [2.05, 4.69) is 22.5 Å². The van der Waals surface area contributed by atoms with Gasteiger partial charge >= 0.3 is 0 Å². The molecular formula is C22H37IN4O2S. The third-order valence-electron chi connectivity index (χ3n) is 5.93. The molecule has 1 aromatic rings. The van der Waals surface area contributed by atoms with Gasteiger partial charge in [0.25, 0.3) is 0 Å². The van der Waals surface area contributed by atoms with E-state index in [1.807, 2.05) is 30.3 Å². The van der Waals surface area contributed by atoms with Crippen LogP contribution in [0.5, 0.6) is 0 Å². The zero-order chi connectivity index (χ0) is 20.4. The third kappa shape index (κ3) is 7.46. The van der Waals surface area contributed by atoms with Gasteiger partial charge in [0.1, 0.15) is 0 Å². The molecule has 3 rings (SSSR count). The molecule has 0 amide bonds. The number of halogens is 1. The van der Waals surface area contributed by atoms with Crippen molar-refractivity contribution in [1.29, 1.82) is 0 Å². The summed E-state index contributed by atoms with van der Waals surface area (Å²) in [7, 11) is -0.992. The Morgan fingerprint density at radius 1 is 1.13 bits per heavy atom. The van der Waals surface area contributed by atoms with Crippen molar-refractivity contribution in [2.24, 2.45) is 4.99 Å². The van der Waals surface area contributed by atoms with Crippen molar-refractivity contribution in [2.45, 2.75) is 49.5 Å². The summed E-state index contributed by atoms with van der Waals surface area (Å²) in [6, 6.07) is 9.66. The molecule has 1 heterocycles. The second-order valence-corrected chi connectivity index (χ2v) is 9.44. The molecule has 6 nitrogen and oxygen atoms in total. The van der Waals surface area contributed by atoms with E-state index in [-0.39, 0.29) is 29.5 Å². The lowest BCUT2D eigenvalue weighted by Gasteiger charge is -2.47. The smallest absolute Gasteiger partial charge is 0.191 e. The predicted octanol–water partition coefficient (Wildman–Crippen LogP) is 3.00. The van der Waals surface area contributed by atoms with Crippen molar-refractivity contribution < 1.29 is 8.95 Å². The van der Waals surface area contributed by atoms with Crippen molar-refractivity contribution in [1.82, 2.24) is 15.5 Å². The number of morpholine rings is 1. The zero-order valence-corrected chi connectivity index (χ0v) is 21.3. The van der Waals surface area contributed by atoms with Crippen molar-refractivity contribution in [3.05, 3.63) is 30.3 Å². The van der Waals surface area contributed by atoms with Crippen molar-refractivity contribution in [3.63, 3.8) is 0 Å². The second-order valence-electron chi connectivity index (χ2n) is 7.87. The number of nitrogens with zero attached hydrogens (tertiary/aromatic N) is 2. The molecule has 8 heteroatoms. The van der Waals surface area contributed by atoms with Crippen molar-refractivity contribution >= 4 is 40.7 Å². The molecule has 0 spiro atoms. The Bertz CT molecular complexity index is 662. The van der Waals surface area contributed by atoms with E-state index >= 15 is 0 Å². The lowest BCUT2D eigenvalue weighted by atomic mass is 9.80. The van der Waals surface area contributed by atoms with Crippen LogP contribution in [-0.4, -0.2) is 72.3 Å². The average Bonchev–Trinajstić information content (AvgIpc) is 2.79. The molecule has 1 saturated heterocycles. The molecule has 1 aliphatic heterocycles. The summed E-state index contributed by atoms with van der Waals surface area (Å²) in [5, 5.41) is 6.74. The monoisotopic (exact) mass is 548 g/mol. The number of hydrogen-bond donors (Lipinski definition) is 2. The number of aliphatic imine (C=N–C) groups is 1. The zero-order valence-electron chi connectivity index (χ0n) is 18.1. The predicted molar refractivity (Wildman–Crippen MR) is 135 cm³/mol. The summed E-state index contributed by atoms with van der Waals surface area (Å²) in [4.78, 5) is 8.46. The Hall–Kier alpha value is -0.710. The maximum Gasteiger partial charge on any atom is 0.191 e. The minimum atomic E-state index is -0.992. The molecule has 1 atom stereocenters. The van der Waals surface area contributed by atoms with Gasteiger partial charge in [0.15, 0.2) is 5.96 Å². The SMILES string of the molecule is CCNC(=NCC1(N2CCOCC2)CCCCC1)NCCS(=O)c1ccccc1.I. The number of rotatable bonds is 8. The molecule has 1 aliphatic carbocycles. The van der Waals surface area contributed by atoms with Crippen LogP contribution >= 0.6 is 24.0 Å². The molecule has 1 aromatic carbocycles. The Labute approximate surface area is 201 Å². The number of ether oxygens (including phenoxy) is 1. The van der Waals surface area contributed by atoms with Gasteiger partial charge in [-0.15, -0.1) is 24.0 Å². The Morgan fingerprint density at radius 2 is 1.83 bits per heavy atom. The Balaban J connectivity index is 0.00000320. The first-order chi connectivity index (χ1) is 14.2. The van der Waals surface area contributed by atoms with Gasteiger partial charge in [-0.25, -0.2) is 0 Å². The molecule has 2 aliphatic rings. The fourth-order valence-electron chi connectivity index (χ4n) is 4.34. The molecular weight excluding hydrogens is 511 g/mol. The first kappa shape index (κ1) is 25.5. The summed E-state index contributed by atoms with van der Waals surface area (Å²) in [6.07, 6.45) is 6.33. The lowest BCUT2D eigenvalue weighted by molar-refractivity contribution is -0.0333. The molecule has 170 valence electrons. The topological polar surface area (TPSA) is 66.0 Å². The van der Waals surface area contributed by atoms with Crippen LogP contribution in [0.25, 0.3) is 0 Å². The molecule has 0 bridgehead atoms. The van der Waals surface area contributed by atoms with E-state index in [1.165, 1.54) is 32.1 Å². The number of hydrogen-bond acceptors (Lipinski definition) is 4. The Kier molecular flexibility index (Phi) is 11.6. The van der Waals surface area contributed by atoms with Crippen LogP contribution in [0.3, 0.4) is 0 Å². The van der Waals surface area contributed by atoms with Gasteiger partial charge < -0.3 is 15.4 Å². The maximum absolute atomic E-state index is 12.4. The summed E-state index contributed by atoms with van der Waals surface area (Å²) in [6.45, 7) is 8.02. The van der Waals surface area contributed by atoms with Crippen LogP contribution in [0.2, 0.25) is 0 Å². The fraction of sp³-hybridized carbons (Fsp3) is 0.682. The first-order valence-electron chi connectivity index (χ1n) is 11.0. The largest absolute Gasteiger partial charge is 0.379 e. The standard InChI is InChI=1S/C22H36N4O2S.HI/c1-2-23-21(24-13-18-29(27)20-9-5-3-6-10-20)25-19-22(11-7-4-8-12-22)26-14-16-28-17-15-26;/h3,5-6,9-10H,2,4,7-8,11-19H2,1H3,(H2,23,24,25);1H. The van der Waals surface area contributed by atoms with Crippen LogP contribution in [0.1, 0.15) is 39.0 Å². The van der Waals surface area contributed by atoms with Gasteiger partial charge in [-0.3, -0.25) is 14.1 Å². The van der Waals surface area contributed by atoms with Crippen LogP contribution in [0.15, 0.2) is 40.2 Å². The maximum atomic E-state index is 12.4. The quantitative estimate of drug-likeness (QED) is 0.297.